The SMILES string of the molecule is CC1(C)C=C(c2ccc(-c3ccc4ccc5c(N(c6ccccc6)c6ccc7ccccc7c6)ccc6ccc3c4c65)cc2)C=C2C=c3cc4c5ccccc5c5ccccc5c4cc3=C21. The van der Waals surface area contributed by atoms with Gasteiger partial charge in [-0.25, -0.2) is 0 Å². The Morgan fingerprint density at radius 3 is 1.68 bits per heavy atom. The number of fused-ring (bicyclic) bond motifs is 9. The van der Waals surface area contributed by atoms with Gasteiger partial charge in [0, 0.05) is 22.2 Å². The summed E-state index contributed by atoms with van der Waals surface area (Å²) in [5, 5.41) is 20.7. The van der Waals surface area contributed by atoms with E-state index in [0.717, 1.165) is 11.4 Å². The molecule has 0 amide bonds. The Morgan fingerprint density at radius 1 is 0.364 bits per heavy atom. The van der Waals surface area contributed by atoms with Crippen molar-refractivity contribution >= 4 is 110 Å². The number of hydrogen-bond acceptors (Lipinski definition) is 1. The quantitative estimate of drug-likeness (QED) is 0.156. The van der Waals surface area contributed by atoms with Crippen LogP contribution in [0, 0.1) is 5.41 Å². The maximum atomic E-state index is 2.48. The first-order valence-electron chi connectivity index (χ1n) is 23.2. The highest BCUT2D eigenvalue weighted by atomic mass is 15.1. The summed E-state index contributed by atoms with van der Waals surface area (Å²) in [5.74, 6) is 0. The van der Waals surface area contributed by atoms with Crippen molar-refractivity contribution in [1.29, 1.82) is 0 Å². The van der Waals surface area contributed by atoms with Crippen molar-refractivity contribution in [3.05, 3.63) is 240 Å². The summed E-state index contributed by atoms with van der Waals surface area (Å²) in [6.45, 7) is 4.76. The second kappa shape index (κ2) is 13.9. The standard InChI is InChI=1S/C65H43N/c1-65(2)39-48(35-47-34-46-37-59-54-18-10-8-16-52(54)53-17-9-11-19-55(53)60(59)38-58(46)64(47)65)41-20-22-42(23-21-41)51-30-25-43-27-32-57-61(33-28-44-26-31-56(51)62(43)63(44)57)66(49-14-4-3-5-15-49)50-29-24-40-12-6-7-13-45(40)36-50/h3-39H,1-2H3. The van der Waals surface area contributed by atoms with E-state index in [1.54, 1.807) is 0 Å². The van der Waals surface area contributed by atoms with Gasteiger partial charge in [0.2, 0.25) is 0 Å². The molecule has 0 atom stereocenters. The topological polar surface area (TPSA) is 3.24 Å². The summed E-state index contributed by atoms with van der Waals surface area (Å²) in [7, 11) is 0. The highest BCUT2D eigenvalue weighted by Gasteiger charge is 2.31. The lowest BCUT2D eigenvalue weighted by atomic mass is 9.74. The van der Waals surface area contributed by atoms with E-state index in [9.17, 15) is 0 Å². The van der Waals surface area contributed by atoms with Gasteiger partial charge in [-0.1, -0.05) is 184 Å². The average molecular weight is 838 g/mol. The van der Waals surface area contributed by atoms with Crippen molar-refractivity contribution in [2.45, 2.75) is 13.8 Å². The molecule has 2 aliphatic rings. The molecule has 1 heteroatoms. The molecule has 0 aromatic heterocycles. The molecular weight excluding hydrogens is 795 g/mol. The zero-order valence-corrected chi connectivity index (χ0v) is 36.8. The lowest BCUT2D eigenvalue weighted by Gasteiger charge is -2.30. The van der Waals surface area contributed by atoms with Crippen molar-refractivity contribution in [3.8, 4) is 11.1 Å². The molecule has 0 bridgehead atoms. The molecule has 66 heavy (non-hydrogen) atoms. The minimum atomic E-state index is -0.157. The van der Waals surface area contributed by atoms with E-state index in [0.29, 0.717) is 0 Å². The predicted octanol–water partition coefficient (Wildman–Crippen LogP) is 16.3. The van der Waals surface area contributed by atoms with Crippen LogP contribution in [0.5, 0.6) is 0 Å². The first-order chi connectivity index (χ1) is 32.4. The molecule has 308 valence electrons. The average Bonchev–Trinajstić information content (AvgIpc) is 3.74. The fourth-order valence-corrected chi connectivity index (χ4v) is 11.8. The number of nitrogens with zero attached hydrogens (tertiary/aromatic N) is 1. The maximum Gasteiger partial charge on any atom is 0.0540 e. The normalized spacial score (nSPS) is 14.3. The van der Waals surface area contributed by atoms with E-state index in [1.165, 1.54) is 125 Å². The first kappa shape index (κ1) is 37.1. The van der Waals surface area contributed by atoms with E-state index in [1.807, 2.05) is 0 Å². The van der Waals surface area contributed by atoms with Gasteiger partial charge in [0.1, 0.15) is 0 Å². The van der Waals surface area contributed by atoms with Crippen LogP contribution in [0.15, 0.2) is 224 Å². The van der Waals surface area contributed by atoms with Crippen LogP contribution in [0.4, 0.5) is 17.1 Å². The molecule has 0 saturated carbocycles. The van der Waals surface area contributed by atoms with Crippen LogP contribution in [0.3, 0.4) is 0 Å². The molecule has 0 heterocycles. The molecule has 2 aliphatic carbocycles. The van der Waals surface area contributed by atoms with Gasteiger partial charge in [-0.15, -0.1) is 0 Å². The van der Waals surface area contributed by atoms with E-state index in [2.05, 4.69) is 243 Å². The Labute approximate surface area is 383 Å². The number of hydrogen-bond donors (Lipinski definition) is 0. The summed E-state index contributed by atoms with van der Waals surface area (Å²) in [4.78, 5) is 2.42. The number of anilines is 3. The Hall–Kier alpha value is -8.26. The molecule has 0 fully saturated rings. The second-order valence-corrected chi connectivity index (χ2v) is 18.9. The summed E-state index contributed by atoms with van der Waals surface area (Å²) in [6, 6.07) is 76.7. The van der Waals surface area contributed by atoms with Gasteiger partial charge in [-0.2, -0.15) is 0 Å². The minimum Gasteiger partial charge on any atom is -0.310 e. The van der Waals surface area contributed by atoms with Gasteiger partial charge in [0.25, 0.3) is 0 Å². The molecule has 0 N–H and O–H groups in total. The number of allylic oxidation sites excluding steroid dienone is 4. The van der Waals surface area contributed by atoms with Gasteiger partial charge >= 0.3 is 0 Å². The van der Waals surface area contributed by atoms with Crippen molar-refractivity contribution in [3.63, 3.8) is 0 Å². The Balaban J connectivity index is 0.867. The largest absolute Gasteiger partial charge is 0.310 e. The molecule has 0 radical (unpaired) electrons. The smallest absolute Gasteiger partial charge is 0.0540 e. The first-order valence-corrected chi connectivity index (χ1v) is 23.2. The molecule has 14 rings (SSSR count). The van der Waals surface area contributed by atoms with Crippen LogP contribution in [0.1, 0.15) is 19.4 Å². The Kier molecular flexibility index (Phi) is 7.81. The van der Waals surface area contributed by atoms with Gasteiger partial charge in [0.15, 0.2) is 0 Å². The van der Waals surface area contributed by atoms with Crippen molar-refractivity contribution < 1.29 is 0 Å². The zero-order chi connectivity index (χ0) is 43.7. The van der Waals surface area contributed by atoms with Gasteiger partial charge < -0.3 is 4.90 Å². The molecule has 12 aromatic rings. The third kappa shape index (κ3) is 5.47. The lowest BCUT2D eigenvalue weighted by Crippen LogP contribution is -2.28. The Morgan fingerprint density at radius 2 is 0.939 bits per heavy atom. The van der Waals surface area contributed by atoms with Gasteiger partial charge in [0.05, 0.1) is 5.69 Å². The van der Waals surface area contributed by atoms with Crippen molar-refractivity contribution in [1.82, 2.24) is 0 Å². The molecule has 12 aromatic carbocycles. The number of para-hydroxylation sites is 1. The van der Waals surface area contributed by atoms with Crippen LogP contribution < -0.4 is 15.3 Å². The lowest BCUT2D eigenvalue weighted by molar-refractivity contribution is 0.647. The van der Waals surface area contributed by atoms with E-state index in [4.69, 9.17) is 0 Å². The molecule has 0 saturated heterocycles. The van der Waals surface area contributed by atoms with Crippen LogP contribution in [-0.4, -0.2) is 0 Å². The molecule has 0 aliphatic heterocycles. The highest BCUT2D eigenvalue weighted by Crippen LogP contribution is 2.47. The summed E-state index contributed by atoms with van der Waals surface area (Å²) in [6.07, 6.45) is 7.33. The fourth-order valence-electron chi connectivity index (χ4n) is 11.8. The van der Waals surface area contributed by atoms with Crippen LogP contribution in [-0.2, 0) is 0 Å². The minimum absolute atomic E-state index is 0.157. The van der Waals surface area contributed by atoms with Gasteiger partial charge in [-0.3, -0.25) is 0 Å². The van der Waals surface area contributed by atoms with Crippen molar-refractivity contribution in [2.24, 2.45) is 5.41 Å². The summed E-state index contributed by atoms with van der Waals surface area (Å²) >= 11 is 0. The van der Waals surface area contributed by atoms with Crippen LogP contribution in [0.2, 0.25) is 0 Å². The number of benzene rings is 12. The highest BCUT2D eigenvalue weighted by molar-refractivity contribution is 6.28. The van der Waals surface area contributed by atoms with Crippen LogP contribution in [0.25, 0.3) is 104 Å². The van der Waals surface area contributed by atoms with E-state index >= 15 is 0 Å². The van der Waals surface area contributed by atoms with E-state index in [-0.39, 0.29) is 5.41 Å². The third-order valence-electron chi connectivity index (χ3n) is 14.7. The van der Waals surface area contributed by atoms with Crippen LogP contribution >= 0.6 is 0 Å². The monoisotopic (exact) mass is 837 g/mol. The molecule has 0 spiro atoms. The summed E-state index contributed by atoms with van der Waals surface area (Å²) in [5.41, 5.74) is 11.0. The Bertz CT molecular complexity index is 4220. The molecular formula is C65H43N. The fraction of sp³-hybridized carbons (Fsp3) is 0.0462. The van der Waals surface area contributed by atoms with E-state index < -0.39 is 0 Å². The maximum absolute atomic E-state index is 2.48. The molecule has 0 unspecified atom stereocenters. The second-order valence-electron chi connectivity index (χ2n) is 18.9. The predicted molar refractivity (Wildman–Crippen MR) is 284 cm³/mol. The number of rotatable bonds is 5. The zero-order valence-electron chi connectivity index (χ0n) is 36.8. The van der Waals surface area contributed by atoms with Gasteiger partial charge in [-0.05, 0) is 168 Å². The summed E-state index contributed by atoms with van der Waals surface area (Å²) < 4.78 is 0. The molecule has 1 nitrogen and oxygen atoms in total. The third-order valence-corrected chi connectivity index (χ3v) is 14.7. The van der Waals surface area contributed by atoms with Crippen molar-refractivity contribution in [2.75, 3.05) is 4.90 Å².